The molecular formula is C20H54. The zero-order valence-corrected chi connectivity index (χ0v) is 18.7. The van der Waals surface area contributed by atoms with E-state index in [0.29, 0.717) is 0 Å². The molecule has 0 aromatic carbocycles. The van der Waals surface area contributed by atoms with E-state index in [1.807, 2.05) is 69.2 Å². The van der Waals surface area contributed by atoms with Crippen LogP contribution in [0.3, 0.4) is 0 Å². The molecule has 0 spiro atoms. The average molecular weight is 295 g/mol. The largest absolute Gasteiger partial charge is 0.0683 e. The summed E-state index contributed by atoms with van der Waals surface area (Å²) < 4.78 is 0. The third-order valence-electron chi connectivity index (χ3n) is 1.33. The Morgan fingerprint density at radius 2 is 0.350 bits per heavy atom. The Morgan fingerprint density at radius 3 is 0.350 bits per heavy atom. The maximum atomic E-state index is 2.24. The fourth-order valence-electron chi connectivity index (χ4n) is 0. The predicted molar refractivity (Wildman–Crippen MR) is 107 cm³/mol. The van der Waals surface area contributed by atoms with Crippen molar-refractivity contribution >= 4 is 0 Å². The SMILES string of the molecule is CC.CC.CC.CC.CC.CC(C)C.CC(C)C(C)C. The Balaban J connectivity index is -0.0000000214. The molecule has 0 atom stereocenters. The van der Waals surface area contributed by atoms with Gasteiger partial charge in [0.1, 0.15) is 0 Å². The molecule has 0 aliphatic rings. The van der Waals surface area contributed by atoms with Crippen LogP contribution >= 0.6 is 0 Å². The lowest BCUT2D eigenvalue weighted by atomic mass is 10.0. The van der Waals surface area contributed by atoms with Gasteiger partial charge < -0.3 is 0 Å². The molecule has 0 amide bonds. The molecule has 0 rings (SSSR count). The third-order valence-corrected chi connectivity index (χ3v) is 1.33. The first-order chi connectivity index (χ1) is 9.37. The van der Waals surface area contributed by atoms with Gasteiger partial charge in [0.15, 0.2) is 0 Å². The summed E-state index contributed by atoms with van der Waals surface area (Å²) in [6.45, 7) is 35.5. The predicted octanol–water partition coefficient (Wildman–Crippen LogP) is 9.09. The molecule has 0 unspecified atom stereocenters. The van der Waals surface area contributed by atoms with E-state index in [-0.39, 0.29) is 0 Å². The van der Waals surface area contributed by atoms with E-state index in [2.05, 4.69) is 48.5 Å². The number of rotatable bonds is 1. The molecule has 0 aromatic rings. The van der Waals surface area contributed by atoms with Crippen molar-refractivity contribution < 1.29 is 0 Å². The Morgan fingerprint density at radius 1 is 0.300 bits per heavy atom. The van der Waals surface area contributed by atoms with Gasteiger partial charge in [-0.25, -0.2) is 0 Å². The second kappa shape index (κ2) is 76.0. The van der Waals surface area contributed by atoms with Crippen molar-refractivity contribution in [2.24, 2.45) is 17.8 Å². The van der Waals surface area contributed by atoms with E-state index in [1.165, 1.54) is 0 Å². The highest BCUT2D eigenvalue weighted by Gasteiger charge is 1.95. The van der Waals surface area contributed by atoms with Gasteiger partial charge in [-0.05, 0) is 17.8 Å². The van der Waals surface area contributed by atoms with E-state index < -0.39 is 0 Å². The smallest absolute Gasteiger partial charge is 0.0448 e. The standard InChI is InChI=1S/C6H14.C4H10.5C2H6/c1-5(2)6(3)4;1-4(2)3;5*1-2/h5-6H,1-4H3;4H,1-3H3;5*1-2H3. The van der Waals surface area contributed by atoms with Crippen LogP contribution < -0.4 is 0 Å². The molecule has 134 valence electrons. The van der Waals surface area contributed by atoms with Crippen LogP contribution in [0.2, 0.25) is 0 Å². The highest BCUT2D eigenvalue weighted by molar-refractivity contribution is 4.46. The van der Waals surface area contributed by atoms with Crippen LogP contribution in [0.4, 0.5) is 0 Å². The van der Waals surface area contributed by atoms with E-state index in [9.17, 15) is 0 Å². The molecule has 0 fully saturated rings. The number of hydrogen-bond donors (Lipinski definition) is 0. The van der Waals surface area contributed by atoms with Crippen LogP contribution in [0.1, 0.15) is 118 Å². The Kier molecular flexibility index (Phi) is 162. The lowest BCUT2D eigenvalue weighted by Gasteiger charge is -2.05. The maximum absolute atomic E-state index is 2.24. The van der Waals surface area contributed by atoms with Crippen LogP contribution in [0.15, 0.2) is 0 Å². The van der Waals surface area contributed by atoms with Gasteiger partial charge >= 0.3 is 0 Å². The van der Waals surface area contributed by atoms with Gasteiger partial charge in [-0.1, -0.05) is 118 Å². The summed E-state index contributed by atoms with van der Waals surface area (Å²) in [7, 11) is 0. The van der Waals surface area contributed by atoms with Gasteiger partial charge in [0.25, 0.3) is 0 Å². The van der Waals surface area contributed by atoms with Gasteiger partial charge in [-0.2, -0.15) is 0 Å². The zero-order valence-electron chi connectivity index (χ0n) is 18.7. The Labute approximate surface area is 136 Å². The summed E-state index contributed by atoms with van der Waals surface area (Å²) in [5.74, 6) is 2.54. The lowest BCUT2D eigenvalue weighted by Crippen LogP contribution is -1.95. The molecular weight excluding hydrogens is 240 g/mol. The van der Waals surface area contributed by atoms with Crippen molar-refractivity contribution in [1.82, 2.24) is 0 Å². The van der Waals surface area contributed by atoms with Crippen molar-refractivity contribution in [3.05, 3.63) is 0 Å². The van der Waals surface area contributed by atoms with Crippen LogP contribution in [0, 0.1) is 17.8 Å². The summed E-state index contributed by atoms with van der Waals surface area (Å²) >= 11 is 0. The Bertz CT molecular complexity index is 42.3. The maximum Gasteiger partial charge on any atom is -0.0448 e. The minimum atomic E-state index is 0.833. The summed E-state index contributed by atoms with van der Waals surface area (Å²) in [5.41, 5.74) is 0. The minimum Gasteiger partial charge on any atom is -0.0683 e. The summed E-state index contributed by atoms with van der Waals surface area (Å²) in [6, 6.07) is 0. The molecule has 0 aliphatic heterocycles. The van der Waals surface area contributed by atoms with Gasteiger partial charge in [-0.3, -0.25) is 0 Å². The molecule has 0 heteroatoms. The number of hydrogen-bond acceptors (Lipinski definition) is 0. The highest BCUT2D eigenvalue weighted by Crippen LogP contribution is 2.05. The van der Waals surface area contributed by atoms with E-state index in [4.69, 9.17) is 0 Å². The molecule has 0 saturated carbocycles. The van der Waals surface area contributed by atoms with Gasteiger partial charge in [-0.15, -0.1) is 0 Å². The first-order valence-corrected chi connectivity index (χ1v) is 9.37. The second-order valence-electron chi connectivity index (χ2n) is 4.22. The van der Waals surface area contributed by atoms with E-state index in [1.54, 1.807) is 0 Å². The quantitative estimate of drug-likeness (QED) is 0.452. The van der Waals surface area contributed by atoms with E-state index in [0.717, 1.165) is 17.8 Å². The molecule has 0 radical (unpaired) electrons. The van der Waals surface area contributed by atoms with Crippen molar-refractivity contribution in [3.63, 3.8) is 0 Å². The van der Waals surface area contributed by atoms with Crippen LogP contribution in [-0.2, 0) is 0 Å². The summed E-state index contributed by atoms with van der Waals surface area (Å²) in [4.78, 5) is 0. The van der Waals surface area contributed by atoms with E-state index >= 15 is 0 Å². The fourth-order valence-corrected chi connectivity index (χ4v) is 0. The minimum absolute atomic E-state index is 0.833. The van der Waals surface area contributed by atoms with Gasteiger partial charge in [0.05, 0.1) is 0 Å². The molecule has 0 saturated heterocycles. The van der Waals surface area contributed by atoms with Crippen molar-refractivity contribution in [1.29, 1.82) is 0 Å². The second-order valence-corrected chi connectivity index (χ2v) is 4.22. The molecule has 20 heavy (non-hydrogen) atoms. The highest BCUT2D eigenvalue weighted by atomic mass is 14.0. The topological polar surface area (TPSA) is 0 Å². The van der Waals surface area contributed by atoms with Crippen LogP contribution in [0.25, 0.3) is 0 Å². The lowest BCUT2D eigenvalue weighted by molar-refractivity contribution is 0.457. The first kappa shape index (κ1) is 42.7. The van der Waals surface area contributed by atoms with Gasteiger partial charge in [0.2, 0.25) is 0 Å². The normalized spacial score (nSPS) is 6.60. The molecule has 0 nitrogen and oxygen atoms in total. The molecule has 0 heterocycles. The van der Waals surface area contributed by atoms with Gasteiger partial charge in [0, 0.05) is 0 Å². The fraction of sp³-hybridized carbons (Fsp3) is 1.00. The van der Waals surface area contributed by atoms with Crippen molar-refractivity contribution in [2.75, 3.05) is 0 Å². The Hall–Kier alpha value is 0. The third kappa shape index (κ3) is 325. The molecule has 0 aromatic heterocycles. The zero-order chi connectivity index (χ0) is 18.7. The summed E-state index contributed by atoms with van der Waals surface area (Å²) in [5, 5.41) is 0. The average Bonchev–Trinajstić information content (AvgIpc) is 2.49. The molecule has 0 N–H and O–H groups in total. The monoisotopic (exact) mass is 294 g/mol. The summed E-state index contributed by atoms with van der Waals surface area (Å²) in [6.07, 6.45) is 0. The molecule has 0 bridgehead atoms. The van der Waals surface area contributed by atoms with Crippen LogP contribution in [0.5, 0.6) is 0 Å². The van der Waals surface area contributed by atoms with Crippen molar-refractivity contribution in [2.45, 2.75) is 118 Å². The van der Waals surface area contributed by atoms with Crippen molar-refractivity contribution in [3.8, 4) is 0 Å². The van der Waals surface area contributed by atoms with Crippen LogP contribution in [-0.4, -0.2) is 0 Å². The first-order valence-electron chi connectivity index (χ1n) is 9.37. The molecule has 0 aliphatic carbocycles.